The van der Waals surface area contributed by atoms with Gasteiger partial charge in [0.1, 0.15) is 12.6 Å². The van der Waals surface area contributed by atoms with Gasteiger partial charge in [0.05, 0.1) is 20.3 Å². The molecular weight excluding hydrogens is 228 g/mol. The molecule has 0 bridgehead atoms. The van der Waals surface area contributed by atoms with Gasteiger partial charge in [-0.25, -0.2) is 4.79 Å². The lowest BCUT2D eigenvalue weighted by Crippen LogP contribution is -2.56. The molecule has 1 amide bonds. The Morgan fingerprint density at radius 1 is 1.35 bits per heavy atom. The highest BCUT2D eigenvalue weighted by atomic mass is 16.6. The number of nitrogens with zero attached hydrogens (tertiary/aromatic N) is 1. The molecule has 0 unspecified atom stereocenters. The third kappa shape index (κ3) is 4.20. The van der Waals surface area contributed by atoms with E-state index < -0.39 is 12.1 Å². The summed E-state index contributed by atoms with van der Waals surface area (Å²) in [6, 6.07) is -0.483. The molecule has 0 aliphatic carbocycles. The largest absolute Gasteiger partial charge is 0.468 e. The summed E-state index contributed by atoms with van der Waals surface area (Å²) in [4.78, 5) is 24.4. The second kappa shape index (κ2) is 7.08. The fourth-order valence-corrected chi connectivity index (χ4v) is 1.52. The van der Waals surface area contributed by atoms with Crippen LogP contribution in [-0.4, -0.2) is 70.1 Å². The van der Waals surface area contributed by atoms with Crippen molar-refractivity contribution in [1.29, 1.82) is 0 Å². The van der Waals surface area contributed by atoms with Crippen molar-refractivity contribution in [2.45, 2.75) is 6.04 Å². The standard InChI is InChI=1S/C10H18N2O5/c1-15-5-6-17-10(14)12-4-3-11-8(7-12)9(13)16-2/h8,11H,3-7H2,1-2H3/t8-/m1/s1. The van der Waals surface area contributed by atoms with Crippen molar-refractivity contribution in [2.24, 2.45) is 0 Å². The average Bonchev–Trinajstić information content (AvgIpc) is 2.38. The molecule has 1 atom stereocenters. The number of nitrogens with one attached hydrogen (secondary N) is 1. The number of piperazine rings is 1. The van der Waals surface area contributed by atoms with Crippen molar-refractivity contribution in [2.75, 3.05) is 47.1 Å². The van der Waals surface area contributed by atoms with Gasteiger partial charge in [-0.3, -0.25) is 4.79 Å². The first kappa shape index (κ1) is 13.7. The molecule has 0 saturated carbocycles. The minimum absolute atomic E-state index is 0.210. The average molecular weight is 246 g/mol. The third-order valence-corrected chi connectivity index (χ3v) is 2.43. The minimum atomic E-state index is -0.483. The molecular formula is C10H18N2O5. The Hall–Kier alpha value is -1.34. The van der Waals surface area contributed by atoms with Gasteiger partial charge in [-0.1, -0.05) is 0 Å². The van der Waals surface area contributed by atoms with Crippen molar-refractivity contribution in [3.05, 3.63) is 0 Å². The quantitative estimate of drug-likeness (QED) is 0.518. The molecule has 1 aliphatic rings. The van der Waals surface area contributed by atoms with E-state index in [1.807, 2.05) is 0 Å². The van der Waals surface area contributed by atoms with Crippen LogP contribution in [-0.2, 0) is 19.0 Å². The molecule has 98 valence electrons. The Labute approximate surface area is 100.0 Å². The summed E-state index contributed by atoms with van der Waals surface area (Å²) in [5.41, 5.74) is 0. The van der Waals surface area contributed by atoms with Gasteiger partial charge in [0.25, 0.3) is 0 Å². The van der Waals surface area contributed by atoms with Crippen LogP contribution >= 0.6 is 0 Å². The summed E-state index contributed by atoms with van der Waals surface area (Å²) in [7, 11) is 2.85. The highest BCUT2D eigenvalue weighted by molar-refractivity contribution is 5.77. The molecule has 1 saturated heterocycles. The lowest BCUT2D eigenvalue weighted by molar-refractivity contribution is -0.144. The van der Waals surface area contributed by atoms with Crippen molar-refractivity contribution in [3.8, 4) is 0 Å². The molecule has 1 rings (SSSR count). The molecule has 1 fully saturated rings. The molecule has 7 nitrogen and oxygen atoms in total. The summed E-state index contributed by atoms with van der Waals surface area (Å²) < 4.78 is 14.4. The number of ether oxygens (including phenoxy) is 3. The molecule has 1 aliphatic heterocycles. The van der Waals surface area contributed by atoms with E-state index in [1.54, 1.807) is 0 Å². The molecule has 17 heavy (non-hydrogen) atoms. The second-order valence-electron chi connectivity index (χ2n) is 3.58. The predicted molar refractivity (Wildman–Crippen MR) is 58.6 cm³/mol. The Balaban J connectivity index is 2.37. The Kier molecular flexibility index (Phi) is 5.71. The van der Waals surface area contributed by atoms with E-state index >= 15 is 0 Å². The first-order chi connectivity index (χ1) is 8.19. The molecule has 0 aromatic heterocycles. The minimum Gasteiger partial charge on any atom is -0.468 e. The molecule has 0 spiro atoms. The Bertz CT molecular complexity index is 271. The van der Waals surface area contributed by atoms with Gasteiger partial charge in [0, 0.05) is 20.2 Å². The molecule has 0 radical (unpaired) electrons. The van der Waals surface area contributed by atoms with E-state index in [4.69, 9.17) is 9.47 Å². The predicted octanol–water partition coefficient (Wildman–Crippen LogP) is -0.784. The van der Waals surface area contributed by atoms with E-state index in [1.165, 1.54) is 19.1 Å². The van der Waals surface area contributed by atoms with Crippen LogP contribution in [0.15, 0.2) is 0 Å². The van der Waals surface area contributed by atoms with E-state index in [9.17, 15) is 9.59 Å². The number of rotatable bonds is 4. The van der Waals surface area contributed by atoms with Crippen LogP contribution in [0.3, 0.4) is 0 Å². The summed E-state index contributed by atoms with van der Waals surface area (Å²) >= 11 is 0. The zero-order valence-corrected chi connectivity index (χ0v) is 10.1. The van der Waals surface area contributed by atoms with Crippen LogP contribution in [0.4, 0.5) is 4.79 Å². The van der Waals surface area contributed by atoms with E-state index in [0.29, 0.717) is 19.7 Å². The summed E-state index contributed by atoms with van der Waals surface area (Å²) in [5.74, 6) is -0.376. The van der Waals surface area contributed by atoms with E-state index in [0.717, 1.165) is 0 Å². The normalized spacial score (nSPS) is 19.9. The van der Waals surface area contributed by atoms with Crippen molar-refractivity contribution in [3.63, 3.8) is 0 Å². The van der Waals surface area contributed by atoms with Crippen LogP contribution in [0.5, 0.6) is 0 Å². The highest BCUT2D eigenvalue weighted by Crippen LogP contribution is 2.03. The second-order valence-corrected chi connectivity index (χ2v) is 3.58. The van der Waals surface area contributed by atoms with E-state index in [2.05, 4.69) is 10.1 Å². The number of hydrogen-bond acceptors (Lipinski definition) is 6. The summed E-state index contributed by atoms with van der Waals surface area (Å²) in [6.45, 7) is 1.89. The van der Waals surface area contributed by atoms with E-state index in [-0.39, 0.29) is 19.1 Å². The van der Waals surface area contributed by atoms with Gasteiger partial charge >= 0.3 is 12.1 Å². The number of carbonyl (C=O) groups excluding carboxylic acids is 2. The number of hydrogen-bond donors (Lipinski definition) is 1. The monoisotopic (exact) mass is 246 g/mol. The smallest absolute Gasteiger partial charge is 0.409 e. The summed E-state index contributed by atoms with van der Waals surface area (Å²) in [6.07, 6.45) is -0.433. The number of methoxy groups -OCH3 is 2. The molecule has 7 heteroatoms. The SMILES string of the molecule is COCCOC(=O)N1CCN[C@@H](C(=O)OC)C1. The maximum atomic E-state index is 11.6. The van der Waals surface area contributed by atoms with Gasteiger partial charge in [0.15, 0.2) is 0 Å². The Morgan fingerprint density at radius 3 is 2.76 bits per heavy atom. The highest BCUT2D eigenvalue weighted by Gasteiger charge is 2.29. The maximum Gasteiger partial charge on any atom is 0.409 e. The summed E-state index contributed by atoms with van der Waals surface area (Å²) in [5, 5.41) is 2.97. The van der Waals surface area contributed by atoms with Gasteiger partial charge in [-0.2, -0.15) is 0 Å². The number of esters is 1. The zero-order valence-electron chi connectivity index (χ0n) is 10.1. The molecule has 0 aromatic carbocycles. The van der Waals surface area contributed by atoms with Crippen molar-refractivity contribution >= 4 is 12.1 Å². The first-order valence-corrected chi connectivity index (χ1v) is 5.41. The molecule has 1 N–H and O–H groups in total. The molecule has 1 heterocycles. The fraction of sp³-hybridized carbons (Fsp3) is 0.800. The number of carbonyl (C=O) groups is 2. The lowest BCUT2D eigenvalue weighted by Gasteiger charge is -2.31. The van der Waals surface area contributed by atoms with Crippen LogP contribution < -0.4 is 5.32 Å². The van der Waals surface area contributed by atoms with Crippen LogP contribution in [0, 0.1) is 0 Å². The first-order valence-electron chi connectivity index (χ1n) is 5.41. The fourth-order valence-electron chi connectivity index (χ4n) is 1.52. The number of amides is 1. The topological polar surface area (TPSA) is 77.1 Å². The van der Waals surface area contributed by atoms with Gasteiger partial charge in [-0.05, 0) is 0 Å². The molecule has 0 aromatic rings. The van der Waals surface area contributed by atoms with Crippen LogP contribution in [0.25, 0.3) is 0 Å². The van der Waals surface area contributed by atoms with Crippen LogP contribution in [0.2, 0.25) is 0 Å². The van der Waals surface area contributed by atoms with Crippen molar-refractivity contribution < 1.29 is 23.8 Å². The van der Waals surface area contributed by atoms with Gasteiger partial charge in [0.2, 0.25) is 0 Å². The lowest BCUT2D eigenvalue weighted by atomic mass is 10.2. The van der Waals surface area contributed by atoms with Gasteiger partial charge < -0.3 is 24.4 Å². The third-order valence-electron chi connectivity index (χ3n) is 2.43. The van der Waals surface area contributed by atoms with Crippen LogP contribution in [0.1, 0.15) is 0 Å². The van der Waals surface area contributed by atoms with Gasteiger partial charge in [-0.15, -0.1) is 0 Å². The van der Waals surface area contributed by atoms with Crippen molar-refractivity contribution in [1.82, 2.24) is 10.2 Å². The maximum absolute atomic E-state index is 11.6. The Morgan fingerprint density at radius 2 is 2.12 bits per heavy atom. The zero-order chi connectivity index (χ0) is 12.7.